The minimum atomic E-state index is -1.08. The summed E-state index contributed by atoms with van der Waals surface area (Å²) in [5.41, 5.74) is 0.941. The molecule has 2 aromatic carbocycles. The van der Waals surface area contributed by atoms with Crippen molar-refractivity contribution in [3.05, 3.63) is 76.7 Å². The average molecular weight is 377 g/mol. The molecule has 4 nitrogen and oxygen atoms in total. The van der Waals surface area contributed by atoms with Gasteiger partial charge in [0.1, 0.15) is 5.82 Å². The van der Waals surface area contributed by atoms with E-state index in [2.05, 4.69) is 16.0 Å². The molecule has 0 spiro atoms. The molecule has 0 fully saturated rings. The van der Waals surface area contributed by atoms with E-state index in [0.29, 0.717) is 5.70 Å². The SMILES string of the molecule is CC1=C(C(=O)Nc2ccc(F)c(F)c2)[C@@H](c2ccccc2F)NC(=S)N1. The number of anilines is 1. The lowest BCUT2D eigenvalue weighted by Crippen LogP contribution is -2.46. The van der Waals surface area contributed by atoms with Crippen LogP contribution in [0.25, 0.3) is 0 Å². The molecule has 3 N–H and O–H groups in total. The molecular formula is C18H14F3N3OS. The van der Waals surface area contributed by atoms with Gasteiger partial charge in [-0.1, -0.05) is 18.2 Å². The lowest BCUT2D eigenvalue weighted by atomic mass is 9.94. The minimum Gasteiger partial charge on any atom is -0.351 e. The van der Waals surface area contributed by atoms with E-state index < -0.39 is 29.4 Å². The molecule has 0 saturated carbocycles. The van der Waals surface area contributed by atoms with Crippen LogP contribution in [0.2, 0.25) is 0 Å². The van der Waals surface area contributed by atoms with Crippen molar-refractivity contribution in [2.24, 2.45) is 0 Å². The molecule has 1 heterocycles. The highest BCUT2D eigenvalue weighted by Crippen LogP contribution is 2.29. The van der Waals surface area contributed by atoms with E-state index in [0.717, 1.165) is 12.1 Å². The number of hydrogen-bond acceptors (Lipinski definition) is 2. The van der Waals surface area contributed by atoms with Crippen molar-refractivity contribution in [3.63, 3.8) is 0 Å². The van der Waals surface area contributed by atoms with E-state index in [9.17, 15) is 18.0 Å². The third-order valence-corrected chi connectivity index (χ3v) is 4.13. The van der Waals surface area contributed by atoms with E-state index in [1.807, 2.05) is 0 Å². The number of rotatable bonds is 3. The molecule has 1 aliphatic heterocycles. The number of nitrogens with one attached hydrogen (secondary N) is 3. The number of carbonyl (C=O) groups is 1. The van der Waals surface area contributed by atoms with Crippen LogP contribution in [0.5, 0.6) is 0 Å². The molecule has 0 saturated heterocycles. The Labute approximate surface area is 153 Å². The molecule has 26 heavy (non-hydrogen) atoms. The average Bonchev–Trinajstić information content (AvgIpc) is 2.57. The van der Waals surface area contributed by atoms with E-state index in [1.165, 1.54) is 18.2 Å². The highest BCUT2D eigenvalue weighted by Gasteiger charge is 2.31. The summed E-state index contributed by atoms with van der Waals surface area (Å²) in [5, 5.41) is 8.43. The van der Waals surface area contributed by atoms with Gasteiger partial charge < -0.3 is 16.0 Å². The van der Waals surface area contributed by atoms with Crippen LogP contribution < -0.4 is 16.0 Å². The smallest absolute Gasteiger partial charge is 0.255 e. The first kappa shape index (κ1) is 17.9. The predicted octanol–water partition coefficient (Wildman–Crippen LogP) is 3.54. The molecular weight excluding hydrogens is 363 g/mol. The number of hydrogen-bond donors (Lipinski definition) is 3. The summed E-state index contributed by atoms with van der Waals surface area (Å²) < 4.78 is 40.7. The summed E-state index contributed by atoms with van der Waals surface area (Å²) in [6.07, 6.45) is 0. The van der Waals surface area contributed by atoms with Crippen LogP contribution in [-0.2, 0) is 4.79 Å². The van der Waals surface area contributed by atoms with Crippen LogP contribution in [0.15, 0.2) is 53.7 Å². The van der Waals surface area contributed by atoms with E-state index in [-0.39, 0.29) is 21.9 Å². The first-order valence-corrected chi connectivity index (χ1v) is 8.06. The maximum Gasteiger partial charge on any atom is 0.255 e. The predicted molar refractivity (Wildman–Crippen MR) is 95.7 cm³/mol. The van der Waals surface area contributed by atoms with Crippen molar-refractivity contribution < 1.29 is 18.0 Å². The largest absolute Gasteiger partial charge is 0.351 e. The fourth-order valence-electron chi connectivity index (χ4n) is 2.71. The van der Waals surface area contributed by atoms with Gasteiger partial charge in [0, 0.05) is 23.0 Å². The standard InChI is InChI=1S/C18H14F3N3OS/c1-9-15(17(25)23-10-6-7-13(20)14(21)8-10)16(24-18(26)22-9)11-4-2-3-5-12(11)19/h2-8,16H,1H3,(H,23,25)(H2,22,24,26)/t16-/m1/s1. The highest BCUT2D eigenvalue weighted by atomic mass is 32.1. The molecule has 0 unspecified atom stereocenters. The van der Waals surface area contributed by atoms with E-state index in [1.54, 1.807) is 19.1 Å². The third kappa shape index (κ3) is 3.55. The zero-order chi connectivity index (χ0) is 18.8. The summed E-state index contributed by atoms with van der Waals surface area (Å²) in [6, 6.07) is 8.19. The van der Waals surface area contributed by atoms with Gasteiger partial charge in [0.25, 0.3) is 5.91 Å². The van der Waals surface area contributed by atoms with Crippen molar-refractivity contribution in [2.45, 2.75) is 13.0 Å². The fourth-order valence-corrected chi connectivity index (χ4v) is 2.98. The molecule has 1 atom stereocenters. The Kier molecular flexibility index (Phi) is 4.94. The molecule has 2 aromatic rings. The van der Waals surface area contributed by atoms with E-state index in [4.69, 9.17) is 12.2 Å². The third-order valence-electron chi connectivity index (χ3n) is 3.91. The summed E-state index contributed by atoms with van der Waals surface area (Å²) in [7, 11) is 0. The van der Waals surface area contributed by atoms with Gasteiger partial charge in [-0.25, -0.2) is 13.2 Å². The maximum atomic E-state index is 14.2. The Morgan fingerprint density at radius 3 is 2.50 bits per heavy atom. The number of halogens is 3. The van der Waals surface area contributed by atoms with Gasteiger partial charge in [0.15, 0.2) is 16.7 Å². The zero-order valence-electron chi connectivity index (χ0n) is 13.6. The Hall–Kier alpha value is -2.87. The summed E-state index contributed by atoms with van der Waals surface area (Å²) in [5.74, 6) is -3.20. The van der Waals surface area contributed by atoms with Crippen LogP contribution in [-0.4, -0.2) is 11.0 Å². The molecule has 0 aliphatic carbocycles. The summed E-state index contributed by atoms with van der Waals surface area (Å²) in [6.45, 7) is 1.63. The van der Waals surface area contributed by atoms with Gasteiger partial charge in [0.2, 0.25) is 0 Å². The van der Waals surface area contributed by atoms with E-state index >= 15 is 0 Å². The first-order chi connectivity index (χ1) is 12.4. The summed E-state index contributed by atoms with van der Waals surface area (Å²) in [4.78, 5) is 12.7. The van der Waals surface area contributed by atoms with Crippen LogP contribution in [0.4, 0.5) is 18.9 Å². The minimum absolute atomic E-state index is 0.0784. The Bertz CT molecular complexity index is 930. The second-order valence-corrected chi connectivity index (χ2v) is 6.08. The van der Waals surface area contributed by atoms with Gasteiger partial charge >= 0.3 is 0 Å². The van der Waals surface area contributed by atoms with Gasteiger partial charge in [-0.2, -0.15) is 0 Å². The number of amides is 1. The molecule has 8 heteroatoms. The van der Waals surface area contributed by atoms with Crippen LogP contribution in [0.3, 0.4) is 0 Å². The van der Waals surface area contributed by atoms with Crippen molar-refractivity contribution >= 4 is 28.9 Å². The second-order valence-electron chi connectivity index (χ2n) is 5.67. The quantitative estimate of drug-likeness (QED) is 0.717. The highest BCUT2D eigenvalue weighted by molar-refractivity contribution is 7.80. The molecule has 0 radical (unpaired) electrons. The van der Waals surface area contributed by atoms with Gasteiger partial charge in [0.05, 0.1) is 11.6 Å². The van der Waals surface area contributed by atoms with Crippen molar-refractivity contribution in [3.8, 4) is 0 Å². The molecule has 0 bridgehead atoms. The number of carbonyl (C=O) groups excluding carboxylic acids is 1. The van der Waals surface area contributed by atoms with Crippen molar-refractivity contribution in [2.75, 3.05) is 5.32 Å². The first-order valence-electron chi connectivity index (χ1n) is 7.66. The topological polar surface area (TPSA) is 53.2 Å². The zero-order valence-corrected chi connectivity index (χ0v) is 14.4. The second kappa shape index (κ2) is 7.17. The molecule has 1 aliphatic rings. The van der Waals surface area contributed by atoms with Crippen LogP contribution >= 0.6 is 12.2 Å². The lowest BCUT2D eigenvalue weighted by molar-refractivity contribution is -0.113. The Morgan fingerprint density at radius 1 is 1.08 bits per heavy atom. The van der Waals surface area contributed by atoms with Crippen LogP contribution in [0, 0.1) is 17.5 Å². The maximum absolute atomic E-state index is 14.2. The van der Waals surface area contributed by atoms with Gasteiger partial charge in [-0.3, -0.25) is 4.79 Å². The number of benzene rings is 2. The van der Waals surface area contributed by atoms with Crippen molar-refractivity contribution in [1.29, 1.82) is 0 Å². The van der Waals surface area contributed by atoms with Gasteiger partial charge in [-0.15, -0.1) is 0 Å². The number of thiocarbonyl (C=S) groups is 1. The molecule has 1 amide bonds. The molecule has 3 rings (SSSR count). The monoisotopic (exact) mass is 377 g/mol. The van der Waals surface area contributed by atoms with Gasteiger partial charge in [-0.05, 0) is 37.3 Å². The number of allylic oxidation sites excluding steroid dienone is 1. The lowest BCUT2D eigenvalue weighted by Gasteiger charge is -2.30. The molecule has 134 valence electrons. The molecule has 0 aromatic heterocycles. The van der Waals surface area contributed by atoms with Crippen molar-refractivity contribution in [1.82, 2.24) is 10.6 Å². The van der Waals surface area contributed by atoms with Crippen LogP contribution in [0.1, 0.15) is 18.5 Å². The fraction of sp³-hybridized carbons (Fsp3) is 0.111. The normalized spacial score (nSPS) is 16.8. The summed E-state index contributed by atoms with van der Waals surface area (Å²) >= 11 is 5.10. The Balaban J connectivity index is 1.97. The Morgan fingerprint density at radius 2 is 1.81 bits per heavy atom.